The van der Waals surface area contributed by atoms with Crippen molar-refractivity contribution in [3.63, 3.8) is 0 Å². The first kappa shape index (κ1) is 14.1. The van der Waals surface area contributed by atoms with E-state index in [0.29, 0.717) is 40.6 Å². The molecule has 0 amide bonds. The van der Waals surface area contributed by atoms with Gasteiger partial charge in [0.25, 0.3) is 0 Å². The second-order valence-corrected chi connectivity index (χ2v) is 4.99. The van der Waals surface area contributed by atoms with Crippen molar-refractivity contribution >= 4 is 39.5 Å². The smallest absolute Gasteiger partial charge is 0.196 e. The van der Waals surface area contributed by atoms with Gasteiger partial charge in [0.15, 0.2) is 11.4 Å². The first-order valence-corrected chi connectivity index (χ1v) is 6.92. The molecular weight excluding hydrogens is 294 g/mol. The standard InChI is InChI=1S/C14H14ClN3O3/c15-9-1-2-11-10(7-9)12-13(21-11)14(17-8-16-12)18(3-5-19)4-6-20/h1-2,7-8,19-20H,3-6H2. The summed E-state index contributed by atoms with van der Waals surface area (Å²) in [4.78, 5) is 10.2. The molecule has 0 unspecified atom stereocenters. The van der Waals surface area contributed by atoms with E-state index in [1.165, 1.54) is 6.33 Å². The molecule has 1 aromatic carbocycles. The van der Waals surface area contributed by atoms with Gasteiger partial charge in [0.2, 0.25) is 0 Å². The molecule has 3 rings (SSSR count). The summed E-state index contributed by atoms with van der Waals surface area (Å²) in [5.74, 6) is 0.551. The number of rotatable bonds is 5. The molecule has 0 atom stereocenters. The van der Waals surface area contributed by atoms with Crippen LogP contribution in [0.2, 0.25) is 5.02 Å². The maximum absolute atomic E-state index is 9.16. The lowest BCUT2D eigenvalue weighted by Gasteiger charge is -2.21. The number of hydrogen-bond acceptors (Lipinski definition) is 6. The van der Waals surface area contributed by atoms with E-state index in [1.54, 1.807) is 23.1 Å². The van der Waals surface area contributed by atoms with E-state index in [1.807, 2.05) is 0 Å². The minimum atomic E-state index is -0.0441. The Bertz CT molecular complexity index is 769. The van der Waals surface area contributed by atoms with Crippen LogP contribution in [-0.2, 0) is 0 Å². The third-order valence-corrected chi connectivity index (χ3v) is 3.47. The molecule has 7 heteroatoms. The number of fused-ring (bicyclic) bond motifs is 3. The highest BCUT2D eigenvalue weighted by molar-refractivity contribution is 6.31. The van der Waals surface area contributed by atoms with Gasteiger partial charge in [-0.25, -0.2) is 9.97 Å². The predicted molar refractivity (Wildman–Crippen MR) is 80.7 cm³/mol. The molecule has 0 radical (unpaired) electrons. The summed E-state index contributed by atoms with van der Waals surface area (Å²) in [6, 6.07) is 5.33. The van der Waals surface area contributed by atoms with E-state index in [-0.39, 0.29) is 13.2 Å². The van der Waals surface area contributed by atoms with Gasteiger partial charge in [0, 0.05) is 23.5 Å². The monoisotopic (exact) mass is 307 g/mol. The number of anilines is 1. The van der Waals surface area contributed by atoms with Gasteiger partial charge in [0.05, 0.1) is 13.2 Å². The molecule has 110 valence electrons. The van der Waals surface area contributed by atoms with E-state index in [4.69, 9.17) is 26.2 Å². The Kier molecular flexibility index (Phi) is 3.92. The zero-order chi connectivity index (χ0) is 14.8. The Morgan fingerprint density at radius 3 is 2.62 bits per heavy atom. The molecule has 0 aliphatic carbocycles. The van der Waals surface area contributed by atoms with E-state index >= 15 is 0 Å². The first-order chi connectivity index (χ1) is 10.2. The Labute approximate surface area is 125 Å². The normalized spacial score (nSPS) is 11.4. The van der Waals surface area contributed by atoms with Crippen LogP contribution in [0.25, 0.3) is 22.1 Å². The molecule has 6 nitrogen and oxygen atoms in total. The second kappa shape index (κ2) is 5.85. The maximum atomic E-state index is 9.16. The summed E-state index contributed by atoms with van der Waals surface area (Å²) >= 11 is 6.02. The molecule has 0 saturated heterocycles. The lowest BCUT2D eigenvalue weighted by Crippen LogP contribution is -2.30. The molecule has 2 heterocycles. The van der Waals surface area contributed by atoms with Crippen molar-refractivity contribution in [2.24, 2.45) is 0 Å². The van der Waals surface area contributed by atoms with Crippen LogP contribution >= 0.6 is 11.6 Å². The highest BCUT2D eigenvalue weighted by Gasteiger charge is 2.17. The molecular formula is C14H14ClN3O3. The largest absolute Gasteiger partial charge is 0.450 e. The number of aromatic nitrogens is 2. The molecule has 0 bridgehead atoms. The molecule has 0 aliphatic rings. The van der Waals surface area contributed by atoms with Gasteiger partial charge in [-0.1, -0.05) is 11.6 Å². The van der Waals surface area contributed by atoms with Gasteiger partial charge in [-0.2, -0.15) is 0 Å². The lowest BCUT2D eigenvalue weighted by atomic mass is 10.2. The van der Waals surface area contributed by atoms with E-state index in [2.05, 4.69) is 9.97 Å². The van der Waals surface area contributed by atoms with Crippen LogP contribution in [0.5, 0.6) is 0 Å². The topological polar surface area (TPSA) is 82.6 Å². The van der Waals surface area contributed by atoms with E-state index in [0.717, 1.165) is 5.39 Å². The van der Waals surface area contributed by atoms with Crippen LogP contribution in [0.15, 0.2) is 28.9 Å². The Morgan fingerprint density at radius 2 is 1.90 bits per heavy atom. The Balaban J connectivity index is 2.21. The molecule has 0 spiro atoms. The first-order valence-electron chi connectivity index (χ1n) is 6.54. The summed E-state index contributed by atoms with van der Waals surface area (Å²) < 4.78 is 5.82. The van der Waals surface area contributed by atoms with E-state index < -0.39 is 0 Å². The minimum Gasteiger partial charge on any atom is -0.450 e. The summed E-state index contributed by atoms with van der Waals surface area (Å²) in [5, 5.41) is 19.7. The van der Waals surface area contributed by atoms with Crippen molar-refractivity contribution in [2.45, 2.75) is 0 Å². The highest BCUT2D eigenvalue weighted by atomic mass is 35.5. The predicted octanol–water partition coefficient (Wildman–Crippen LogP) is 1.82. The maximum Gasteiger partial charge on any atom is 0.196 e. The van der Waals surface area contributed by atoms with Crippen LogP contribution in [-0.4, -0.2) is 46.5 Å². The summed E-state index contributed by atoms with van der Waals surface area (Å²) in [7, 11) is 0. The fraction of sp³-hybridized carbons (Fsp3) is 0.286. The summed E-state index contributed by atoms with van der Waals surface area (Å²) in [6.45, 7) is 0.615. The lowest BCUT2D eigenvalue weighted by molar-refractivity contribution is 0.280. The molecule has 21 heavy (non-hydrogen) atoms. The van der Waals surface area contributed by atoms with Crippen molar-refractivity contribution in [2.75, 3.05) is 31.2 Å². The number of nitrogens with zero attached hydrogens (tertiary/aromatic N) is 3. The number of halogens is 1. The average molecular weight is 308 g/mol. The zero-order valence-electron chi connectivity index (χ0n) is 11.2. The molecule has 0 saturated carbocycles. The van der Waals surface area contributed by atoms with Gasteiger partial charge < -0.3 is 19.5 Å². The fourth-order valence-corrected chi connectivity index (χ4v) is 2.50. The van der Waals surface area contributed by atoms with Crippen molar-refractivity contribution in [3.8, 4) is 0 Å². The van der Waals surface area contributed by atoms with Crippen LogP contribution < -0.4 is 4.90 Å². The molecule has 2 aromatic heterocycles. The minimum absolute atomic E-state index is 0.0441. The van der Waals surface area contributed by atoms with Crippen LogP contribution in [0, 0.1) is 0 Å². The van der Waals surface area contributed by atoms with Crippen LogP contribution in [0.1, 0.15) is 0 Å². The number of aliphatic hydroxyl groups is 2. The van der Waals surface area contributed by atoms with Gasteiger partial charge in [-0.05, 0) is 18.2 Å². The highest BCUT2D eigenvalue weighted by Crippen LogP contribution is 2.33. The fourth-order valence-electron chi connectivity index (χ4n) is 2.33. The molecule has 0 fully saturated rings. The SMILES string of the molecule is OCCN(CCO)c1ncnc2c1oc1ccc(Cl)cc12. The van der Waals surface area contributed by atoms with Crippen LogP contribution in [0.3, 0.4) is 0 Å². The quantitative estimate of drug-likeness (QED) is 0.748. The van der Waals surface area contributed by atoms with E-state index in [9.17, 15) is 0 Å². The third-order valence-electron chi connectivity index (χ3n) is 3.23. The number of aliphatic hydroxyl groups excluding tert-OH is 2. The van der Waals surface area contributed by atoms with Gasteiger partial charge in [0.1, 0.15) is 17.4 Å². The number of hydrogen-bond donors (Lipinski definition) is 2. The molecule has 2 N–H and O–H groups in total. The molecule has 3 aromatic rings. The van der Waals surface area contributed by atoms with Crippen molar-refractivity contribution in [1.82, 2.24) is 9.97 Å². The average Bonchev–Trinajstić information content (AvgIpc) is 2.85. The van der Waals surface area contributed by atoms with Crippen molar-refractivity contribution < 1.29 is 14.6 Å². The van der Waals surface area contributed by atoms with Crippen LogP contribution in [0.4, 0.5) is 5.82 Å². The van der Waals surface area contributed by atoms with Gasteiger partial charge in [-0.3, -0.25) is 0 Å². The Morgan fingerprint density at radius 1 is 1.14 bits per heavy atom. The van der Waals surface area contributed by atoms with Gasteiger partial charge in [-0.15, -0.1) is 0 Å². The van der Waals surface area contributed by atoms with Crippen molar-refractivity contribution in [1.29, 1.82) is 0 Å². The zero-order valence-corrected chi connectivity index (χ0v) is 11.9. The third kappa shape index (κ3) is 2.53. The summed E-state index contributed by atoms with van der Waals surface area (Å²) in [5.41, 5.74) is 1.86. The van der Waals surface area contributed by atoms with Gasteiger partial charge >= 0.3 is 0 Å². The second-order valence-electron chi connectivity index (χ2n) is 4.55. The number of furan rings is 1. The Hall–Kier alpha value is -1.89. The summed E-state index contributed by atoms with van der Waals surface area (Å²) in [6.07, 6.45) is 1.44. The van der Waals surface area contributed by atoms with Crippen molar-refractivity contribution in [3.05, 3.63) is 29.5 Å². The molecule has 0 aliphatic heterocycles. The number of benzene rings is 1.